The second kappa shape index (κ2) is 7.97. The molecule has 2 aromatic carbocycles. The molecule has 0 aliphatic heterocycles. The largest absolute Gasteiger partial charge is 0.279 e. The lowest BCUT2D eigenvalue weighted by molar-refractivity contribution is 0.601. The SMILES string of the molecule is C=CCCCCc1ccccc1NS(=O)(=O)c1ccc(C)cc1. The van der Waals surface area contributed by atoms with Crippen LogP contribution in [0.1, 0.15) is 30.4 Å². The molecule has 122 valence electrons. The third-order valence-corrected chi connectivity index (χ3v) is 5.08. The van der Waals surface area contributed by atoms with Gasteiger partial charge in [0.2, 0.25) is 0 Å². The van der Waals surface area contributed by atoms with Gasteiger partial charge in [-0.2, -0.15) is 0 Å². The Balaban J connectivity index is 2.15. The molecule has 0 radical (unpaired) electrons. The van der Waals surface area contributed by atoms with E-state index in [1.807, 2.05) is 37.3 Å². The minimum absolute atomic E-state index is 0.282. The molecule has 0 saturated carbocycles. The molecule has 1 N–H and O–H groups in total. The average Bonchev–Trinajstić information content (AvgIpc) is 2.53. The monoisotopic (exact) mass is 329 g/mol. The van der Waals surface area contributed by atoms with E-state index in [4.69, 9.17) is 0 Å². The number of benzene rings is 2. The van der Waals surface area contributed by atoms with Crippen LogP contribution in [0.5, 0.6) is 0 Å². The first-order chi connectivity index (χ1) is 11.0. The van der Waals surface area contributed by atoms with E-state index in [-0.39, 0.29) is 4.90 Å². The van der Waals surface area contributed by atoms with Crippen LogP contribution in [0.15, 0.2) is 66.1 Å². The molecule has 0 amide bonds. The lowest BCUT2D eigenvalue weighted by Gasteiger charge is -2.12. The van der Waals surface area contributed by atoms with Crippen molar-refractivity contribution in [1.29, 1.82) is 0 Å². The molecule has 0 unspecified atom stereocenters. The van der Waals surface area contributed by atoms with E-state index >= 15 is 0 Å². The minimum atomic E-state index is -3.55. The zero-order valence-corrected chi connectivity index (χ0v) is 14.3. The molecule has 0 heterocycles. The van der Waals surface area contributed by atoms with Crippen LogP contribution in [0, 0.1) is 6.92 Å². The molecule has 0 bridgehead atoms. The number of hydrogen-bond acceptors (Lipinski definition) is 2. The van der Waals surface area contributed by atoms with Crippen LogP contribution < -0.4 is 4.72 Å². The maximum atomic E-state index is 12.5. The summed E-state index contributed by atoms with van der Waals surface area (Å²) in [5, 5.41) is 0. The topological polar surface area (TPSA) is 46.2 Å². The summed E-state index contributed by atoms with van der Waals surface area (Å²) < 4.78 is 27.7. The summed E-state index contributed by atoms with van der Waals surface area (Å²) in [5.74, 6) is 0. The highest BCUT2D eigenvalue weighted by molar-refractivity contribution is 7.92. The van der Waals surface area contributed by atoms with Gasteiger partial charge in [-0.25, -0.2) is 8.42 Å². The molecule has 0 aliphatic carbocycles. The van der Waals surface area contributed by atoms with E-state index in [1.165, 1.54) is 0 Å². The van der Waals surface area contributed by atoms with Crippen LogP contribution in [-0.4, -0.2) is 8.42 Å². The number of anilines is 1. The van der Waals surface area contributed by atoms with Gasteiger partial charge in [0.1, 0.15) is 0 Å². The highest BCUT2D eigenvalue weighted by atomic mass is 32.2. The van der Waals surface area contributed by atoms with Gasteiger partial charge in [-0.3, -0.25) is 4.72 Å². The molecule has 4 heteroatoms. The predicted octanol–water partition coefficient (Wildman–Crippen LogP) is 4.69. The maximum Gasteiger partial charge on any atom is 0.261 e. The van der Waals surface area contributed by atoms with E-state index in [0.717, 1.165) is 36.8 Å². The highest BCUT2D eigenvalue weighted by Crippen LogP contribution is 2.22. The first kappa shape index (κ1) is 17.3. The molecule has 0 spiro atoms. The number of allylic oxidation sites excluding steroid dienone is 1. The number of sulfonamides is 1. The number of unbranched alkanes of at least 4 members (excludes halogenated alkanes) is 2. The third kappa shape index (κ3) is 4.96. The maximum absolute atomic E-state index is 12.5. The van der Waals surface area contributed by atoms with Crippen molar-refractivity contribution in [2.45, 2.75) is 37.5 Å². The Bertz CT molecular complexity index is 749. The standard InChI is InChI=1S/C19H23NO2S/c1-3-4-5-6-9-17-10-7-8-11-19(17)20-23(21,22)18-14-12-16(2)13-15-18/h3,7-8,10-15,20H,1,4-6,9H2,2H3. The highest BCUT2D eigenvalue weighted by Gasteiger charge is 2.15. The van der Waals surface area contributed by atoms with Gasteiger partial charge in [0.25, 0.3) is 10.0 Å². The van der Waals surface area contributed by atoms with E-state index in [9.17, 15) is 8.42 Å². The molecule has 2 aromatic rings. The van der Waals surface area contributed by atoms with E-state index in [0.29, 0.717) is 5.69 Å². The lowest BCUT2D eigenvalue weighted by Crippen LogP contribution is -2.14. The van der Waals surface area contributed by atoms with Crippen LogP contribution in [-0.2, 0) is 16.4 Å². The van der Waals surface area contributed by atoms with Gasteiger partial charge in [-0.15, -0.1) is 6.58 Å². The molecule has 0 atom stereocenters. The number of hydrogen-bond donors (Lipinski definition) is 1. The fourth-order valence-corrected chi connectivity index (χ4v) is 3.46. The summed E-state index contributed by atoms with van der Waals surface area (Å²) in [4.78, 5) is 0.282. The average molecular weight is 329 g/mol. The van der Waals surface area contributed by atoms with Crippen LogP contribution in [0.4, 0.5) is 5.69 Å². The van der Waals surface area contributed by atoms with Gasteiger partial charge in [0.15, 0.2) is 0 Å². The Morgan fingerprint density at radius 3 is 2.43 bits per heavy atom. The molecule has 3 nitrogen and oxygen atoms in total. The summed E-state index contributed by atoms with van der Waals surface area (Å²) in [6, 6.07) is 14.4. The third-order valence-electron chi connectivity index (χ3n) is 3.70. The van der Waals surface area contributed by atoms with Crippen molar-refractivity contribution in [1.82, 2.24) is 0 Å². The number of aryl methyl sites for hydroxylation is 2. The number of rotatable bonds is 8. The normalized spacial score (nSPS) is 11.2. The predicted molar refractivity (Wildman–Crippen MR) is 96.2 cm³/mol. The Labute approximate surface area is 139 Å². The lowest BCUT2D eigenvalue weighted by atomic mass is 10.1. The minimum Gasteiger partial charge on any atom is -0.279 e. The number of para-hydroxylation sites is 1. The molecule has 0 aliphatic rings. The summed E-state index contributed by atoms with van der Waals surface area (Å²) in [6.07, 6.45) is 5.81. The molecule has 0 aromatic heterocycles. The van der Waals surface area contributed by atoms with Gasteiger partial charge in [-0.05, 0) is 56.4 Å². The van der Waals surface area contributed by atoms with Crippen LogP contribution >= 0.6 is 0 Å². The van der Waals surface area contributed by atoms with Crippen molar-refractivity contribution in [3.63, 3.8) is 0 Å². The van der Waals surface area contributed by atoms with E-state index < -0.39 is 10.0 Å². The van der Waals surface area contributed by atoms with E-state index in [1.54, 1.807) is 24.3 Å². The Morgan fingerprint density at radius 2 is 1.74 bits per heavy atom. The zero-order valence-electron chi connectivity index (χ0n) is 13.5. The summed E-state index contributed by atoms with van der Waals surface area (Å²) >= 11 is 0. The summed E-state index contributed by atoms with van der Waals surface area (Å²) in [6.45, 7) is 5.65. The molecular weight excluding hydrogens is 306 g/mol. The molecule has 23 heavy (non-hydrogen) atoms. The van der Waals surface area contributed by atoms with Crippen molar-refractivity contribution in [2.75, 3.05) is 4.72 Å². The smallest absolute Gasteiger partial charge is 0.261 e. The molecule has 0 saturated heterocycles. The van der Waals surface area contributed by atoms with Crippen LogP contribution in [0.3, 0.4) is 0 Å². The summed E-state index contributed by atoms with van der Waals surface area (Å²) in [7, 11) is -3.55. The molecule has 2 rings (SSSR count). The van der Waals surface area contributed by atoms with Crippen molar-refractivity contribution in [3.8, 4) is 0 Å². The van der Waals surface area contributed by atoms with Gasteiger partial charge < -0.3 is 0 Å². The molecular formula is C19H23NO2S. The second-order valence-corrected chi connectivity index (χ2v) is 7.29. The number of nitrogens with one attached hydrogen (secondary N) is 1. The van der Waals surface area contributed by atoms with Gasteiger partial charge in [0.05, 0.1) is 10.6 Å². The van der Waals surface area contributed by atoms with Gasteiger partial charge >= 0.3 is 0 Å². The molecule has 0 fully saturated rings. The second-order valence-electron chi connectivity index (χ2n) is 5.61. The van der Waals surface area contributed by atoms with E-state index in [2.05, 4.69) is 11.3 Å². The Hall–Kier alpha value is -2.07. The Kier molecular flexibility index (Phi) is 5.99. The quantitative estimate of drug-likeness (QED) is 0.564. The van der Waals surface area contributed by atoms with Crippen molar-refractivity contribution < 1.29 is 8.42 Å². The van der Waals surface area contributed by atoms with Crippen molar-refractivity contribution in [3.05, 3.63) is 72.3 Å². The Morgan fingerprint density at radius 1 is 1.04 bits per heavy atom. The van der Waals surface area contributed by atoms with Crippen molar-refractivity contribution in [2.24, 2.45) is 0 Å². The van der Waals surface area contributed by atoms with Crippen molar-refractivity contribution >= 4 is 15.7 Å². The zero-order chi connectivity index (χ0) is 16.7. The van der Waals surface area contributed by atoms with Gasteiger partial charge in [0, 0.05) is 0 Å². The summed E-state index contributed by atoms with van der Waals surface area (Å²) in [5.41, 5.74) is 2.71. The fraction of sp³-hybridized carbons (Fsp3) is 0.263. The first-order valence-corrected chi connectivity index (χ1v) is 9.29. The van der Waals surface area contributed by atoms with Crippen LogP contribution in [0.25, 0.3) is 0 Å². The van der Waals surface area contributed by atoms with Crippen LogP contribution in [0.2, 0.25) is 0 Å². The fourth-order valence-electron chi connectivity index (χ4n) is 2.36. The van der Waals surface area contributed by atoms with Gasteiger partial charge in [-0.1, -0.05) is 42.0 Å². The first-order valence-electron chi connectivity index (χ1n) is 7.81.